The number of fused-ring (bicyclic) bond motifs is 1. The minimum atomic E-state index is -0.931. The zero-order valence-electron chi connectivity index (χ0n) is 19.1. The van der Waals surface area contributed by atoms with E-state index in [1.54, 1.807) is 30.3 Å². The summed E-state index contributed by atoms with van der Waals surface area (Å²) in [7, 11) is 0. The first-order chi connectivity index (χ1) is 16.4. The number of aliphatic carboxylic acids is 1. The molecule has 0 saturated carbocycles. The highest BCUT2D eigenvalue weighted by atomic mass is 35.5. The van der Waals surface area contributed by atoms with Crippen LogP contribution in [0.4, 0.5) is 0 Å². The highest BCUT2D eigenvalue weighted by Crippen LogP contribution is 2.26. The lowest BCUT2D eigenvalue weighted by Crippen LogP contribution is -2.23. The number of nitriles is 1. The van der Waals surface area contributed by atoms with Gasteiger partial charge in [-0.05, 0) is 47.4 Å². The lowest BCUT2D eigenvalue weighted by molar-refractivity contribution is -0.138. The molecule has 1 aliphatic heterocycles. The molecule has 180 valence electrons. The Bertz CT molecular complexity index is 1300. The molecule has 2 atom stereocenters. The number of carboxylic acid groups (broad SMARTS) is 1. The van der Waals surface area contributed by atoms with Crippen LogP contribution in [-0.4, -0.2) is 47.2 Å². The Morgan fingerprint density at radius 2 is 1.77 bits per heavy atom. The van der Waals surface area contributed by atoms with Gasteiger partial charge in [0.15, 0.2) is 5.78 Å². The maximum atomic E-state index is 12.9. The molecule has 0 aromatic heterocycles. The van der Waals surface area contributed by atoms with E-state index in [1.807, 2.05) is 35.2 Å². The fourth-order valence-corrected chi connectivity index (χ4v) is 4.58. The van der Waals surface area contributed by atoms with Crippen molar-refractivity contribution in [1.29, 1.82) is 10.7 Å². The third kappa shape index (κ3) is 5.86. The Balaban J connectivity index is 0.00000342. The van der Waals surface area contributed by atoms with Crippen molar-refractivity contribution in [2.24, 2.45) is 11.7 Å². The first-order valence-electron chi connectivity index (χ1n) is 11.2. The highest BCUT2D eigenvalue weighted by Gasteiger charge is 2.29. The summed E-state index contributed by atoms with van der Waals surface area (Å²) >= 11 is 0. The Hall–Kier alpha value is -3.73. The van der Waals surface area contributed by atoms with E-state index in [0.717, 1.165) is 29.3 Å². The van der Waals surface area contributed by atoms with Crippen molar-refractivity contribution in [2.45, 2.75) is 18.8 Å². The van der Waals surface area contributed by atoms with Gasteiger partial charge in [-0.1, -0.05) is 54.6 Å². The number of hydrogen-bond donors (Lipinski definition) is 3. The molecular formula is C27H27ClN4O3. The van der Waals surface area contributed by atoms with Crippen molar-refractivity contribution in [2.75, 3.05) is 19.6 Å². The van der Waals surface area contributed by atoms with Crippen molar-refractivity contribution >= 4 is 40.8 Å². The fraction of sp³-hybridized carbons (Fsp3) is 0.259. The van der Waals surface area contributed by atoms with Crippen LogP contribution in [0.15, 0.2) is 60.7 Å². The highest BCUT2D eigenvalue weighted by molar-refractivity contribution is 5.99. The summed E-state index contributed by atoms with van der Waals surface area (Å²) in [6.45, 7) is 1.65. The lowest BCUT2D eigenvalue weighted by atomic mass is 9.89. The molecule has 1 aliphatic rings. The number of carbonyl (C=O) groups is 2. The minimum absolute atomic E-state index is 0. The van der Waals surface area contributed by atoms with Crippen LogP contribution in [0.5, 0.6) is 0 Å². The van der Waals surface area contributed by atoms with Crippen LogP contribution in [0.3, 0.4) is 0 Å². The van der Waals surface area contributed by atoms with Crippen LogP contribution in [0, 0.1) is 22.7 Å². The summed E-state index contributed by atoms with van der Waals surface area (Å²) in [6, 6.07) is 20.3. The van der Waals surface area contributed by atoms with E-state index in [2.05, 4.69) is 6.07 Å². The second kappa shape index (κ2) is 11.1. The summed E-state index contributed by atoms with van der Waals surface area (Å²) in [4.78, 5) is 26.9. The van der Waals surface area contributed by atoms with Gasteiger partial charge in [0.05, 0.1) is 18.5 Å². The monoisotopic (exact) mass is 490 g/mol. The molecule has 1 fully saturated rings. The maximum Gasteiger partial charge on any atom is 0.311 e. The normalized spacial score (nSPS) is 16.3. The van der Waals surface area contributed by atoms with Crippen LogP contribution in [-0.2, 0) is 11.2 Å². The van der Waals surface area contributed by atoms with Crippen LogP contribution in [0.2, 0.25) is 0 Å². The van der Waals surface area contributed by atoms with Gasteiger partial charge in [0, 0.05) is 23.6 Å². The number of nitrogen functional groups attached to an aromatic ring is 1. The number of rotatable bonds is 8. The molecule has 0 amide bonds. The Morgan fingerprint density at radius 1 is 1.09 bits per heavy atom. The summed E-state index contributed by atoms with van der Waals surface area (Å²) in [5.41, 5.74) is 8.29. The molecule has 1 saturated heterocycles. The molecule has 0 radical (unpaired) electrons. The fourth-order valence-electron chi connectivity index (χ4n) is 4.58. The quantitative estimate of drug-likeness (QED) is 0.189. The van der Waals surface area contributed by atoms with Crippen LogP contribution < -0.4 is 5.73 Å². The number of halogens is 1. The third-order valence-electron chi connectivity index (χ3n) is 6.49. The predicted molar refractivity (Wildman–Crippen MR) is 137 cm³/mol. The van der Waals surface area contributed by atoms with E-state index in [1.165, 1.54) is 0 Å². The molecule has 0 spiro atoms. The van der Waals surface area contributed by atoms with Crippen molar-refractivity contribution in [3.05, 3.63) is 82.9 Å². The molecule has 0 unspecified atom stereocenters. The molecule has 3 aromatic carbocycles. The number of nitrogens with zero attached hydrogens (tertiary/aromatic N) is 2. The van der Waals surface area contributed by atoms with E-state index in [0.29, 0.717) is 36.2 Å². The maximum absolute atomic E-state index is 12.9. The van der Waals surface area contributed by atoms with Gasteiger partial charge in [0.2, 0.25) is 0 Å². The van der Waals surface area contributed by atoms with Crippen molar-refractivity contribution in [1.82, 2.24) is 4.90 Å². The number of hydrogen-bond acceptors (Lipinski definition) is 5. The van der Waals surface area contributed by atoms with E-state index in [-0.39, 0.29) is 29.9 Å². The number of nitrogens with two attached hydrogens (primary N) is 1. The number of Topliss-reactive ketones (excluding diaryl/α,β-unsaturated/α-hetero) is 1. The van der Waals surface area contributed by atoms with Crippen LogP contribution in [0.25, 0.3) is 10.8 Å². The molecule has 7 nitrogen and oxygen atoms in total. The minimum Gasteiger partial charge on any atom is -0.481 e. The first-order valence-corrected chi connectivity index (χ1v) is 11.2. The van der Waals surface area contributed by atoms with Gasteiger partial charge in [0.25, 0.3) is 0 Å². The van der Waals surface area contributed by atoms with Gasteiger partial charge in [-0.15, -0.1) is 12.4 Å². The second-order valence-corrected chi connectivity index (χ2v) is 8.77. The zero-order chi connectivity index (χ0) is 24.2. The van der Waals surface area contributed by atoms with Gasteiger partial charge >= 0.3 is 5.97 Å². The molecule has 4 N–H and O–H groups in total. The molecule has 0 bridgehead atoms. The summed E-state index contributed by atoms with van der Waals surface area (Å²) in [6.07, 6.45) is 1.03. The molecule has 8 heteroatoms. The van der Waals surface area contributed by atoms with E-state index in [4.69, 9.17) is 16.4 Å². The Kier molecular flexibility index (Phi) is 8.23. The zero-order valence-corrected chi connectivity index (χ0v) is 19.9. The van der Waals surface area contributed by atoms with E-state index >= 15 is 0 Å². The number of benzene rings is 3. The molecular weight excluding hydrogens is 464 g/mol. The number of carboxylic acids is 1. The molecule has 1 heterocycles. The molecule has 0 aliphatic carbocycles. The van der Waals surface area contributed by atoms with E-state index in [9.17, 15) is 14.7 Å². The average Bonchev–Trinajstić information content (AvgIpc) is 3.30. The topological polar surface area (TPSA) is 131 Å². The van der Waals surface area contributed by atoms with Gasteiger partial charge < -0.3 is 10.8 Å². The molecule has 4 rings (SSSR count). The predicted octanol–water partition coefficient (Wildman–Crippen LogP) is 3.98. The SMILES string of the molecule is Cl.N#CCN1CC[C@H](C(=O)c2ccc([C@H](Cc3ccc4ccc(C(=N)N)cc4c3)C(=O)O)cc2)C1. The third-order valence-corrected chi connectivity index (χ3v) is 6.49. The first kappa shape index (κ1) is 25.9. The standard InChI is InChI=1S/C27H26N4O3.ClH/c28-10-12-31-11-9-22(16-31)25(32)20-6-4-19(5-7-20)24(27(33)34)14-17-1-2-18-3-8-21(26(29)30)15-23(18)13-17;/h1-8,13,15,22,24H,9,11-12,14,16H2,(H3,29,30)(H,33,34);1H/t22-,24-;/m0./s1. The van der Waals surface area contributed by atoms with E-state index < -0.39 is 11.9 Å². The summed E-state index contributed by atoms with van der Waals surface area (Å²) < 4.78 is 0. The lowest BCUT2D eigenvalue weighted by Gasteiger charge is -2.15. The Labute approximate surface area is 210 Å². The van der Waals surface area contributed by atoms with Gasteiger partial charge in [0.1, 0.15) is 5.84 Å². The van der Waals surface area contributed by atoms with Gasteiger partial charge in [-0.2, -0.15) is 5.26 Å². The number of likely N-dealkylation sites (tertiary alicyclic amines) is 1. The van der Waals surface area contributed by atoms with Gasteiger partial charge in [-0.25, -0.2) is 0 Å². The van der Waals surface area contributed by atoms with Crippen molar-refractivity contribution < 1.29 is 14.7 Å². The van der Waals surface area contributed by atoms with Crippen molar-refractivity contribution in [3.8, 4) is 6.07 Å². The van der Waals surface area contributed by atoms with Crippen molar-refractivity contribution in [3.63, 3.8) is 0 Å². The van der Waals surface area contributed by atoms with Gasteiger partial charge in [-0.3, -0.25) is 19.9 Å². The largest absolute Gasteiger partial charge is 0.481 e. The van der Waals surface area contributed by atoms with Crippen LogP contribution >= 0.6 is 12.4 Å². The smallest absolute Gasteiger partial charge is 0.311 e. The molecule has 35 heavy (non-hydrogen) atoms. The number of ketones is 1. The summed E-state index contributed by atoms with van der Waals surface area (Å²) in [5, 5.41) is 28.3. The average molecular weight is 491 g/mol. The summed E-state index contributed by atoms with van der Waals surface area (Å²) in [5.74, 6) is -1.79. The molecule has 3 aromatic rings. The number of amidine groups is 1. The Morgan fingerprint density at radius 3 is 2.43 bits per heavy atom. The second-order valence-electron chi connectivity index (χ2n) is 8.77. The van der Waals surface area contributed by atoms with Crippen LogP contribution in [0.1, 0.15) is 39.4 Å². The number of carbonyl (C=O) groups excluding carboxylic acids is 1. The number of nitrogens with one attached hydrogen (secondary N) is 1.